The normalized spacial score (nSPS) is 12.8. The Morgan fingerprint density at radius 3 is 2.77 bits per heavy atom. The van der Waals surface area contributed by atoms with Gasteiger partial charge in [-0.2, -0.15) is 0 Å². The number of aryl methyl sites for hydroxylation is 1. The van der Waals surface area contributed by atoms with Crippen molar-refractivity contribution in [1.82, 2.24) is 4.98 Å². The minimum absolute atomic E-state index is 0.0409. The zero-order valence-electron chi connectivity index (χ0n) is 6.97. The van der Waals surface area contributed by atoms with Crippen LogP contribution in [0, 0.1) is 0 Å². The minimum Gasteiger partial charge on any atom is -0.772 e. The van der Waals surface area contributed by atoms with Crippen LogP contribution >= 0.6 is 0 Å². The Morgan fingerprint density at radius 1 is 1.54 bits per heavy atom. The van der Waals surface area contributed by atoms with Gasteiger partial charge >= 0.3 is 0 Å². The van der Waals surface area contributed by atoms with Gasteiger partial charge in [-0.25, -0.2) is 0 Å². The van der Waals surface area contributed by atoms with Crippen LogP contribution in [0.3, 0.4) is 0 Å². The van der Waals surface area contributed by atoms with Gasteiger partial charge in [-0.3, -0.25) is 9.19 Å². The smallest absolute Gasteiger partial charge is 0.0696 e. The zero-order valence-corrected chi connectivity index (χ0v) is 7.79. The maximum Gasteiger partial charge on any atom is 0.0696 e. The third kappa shape index (κ3) is 3.63. The van der Waals surface area contributed by atoms with Crippen molar-refractivity contribution in [1.29, 1.82) is 0 Å². The monoisotopic (exact) mass is 200 g/mol. The number of nitrogens with zero attached hydrogens (tertiary/aromatic N) is 1. The van der Waals surface area contributed by atoms with Crippen LogP contribution in [0.15, 0.2) is 18.3 Å². The lowest BCUT2D eigenvalue weighted by atomic mass is 10.2. The van der Waals surface area contributed by atoms with Gasteiger partial charge in [-0.15, -0.1) is 0 Å². The van der Waals surface area contributed by atoms with Gasteiger partial charge < -0.3 is 9.66 Å². The third-order valence-electron chi connectivity index (χ3n) is 1.59. The Labute approximate surface area is 78.9 Å². The van der Waals surface area contributed by atoms with Crippen LogP contribution in [-0.4, -0.2) is 24.6 Å². The quantitative estimate of drug-likeness (QED) is 0.694. The molecule has 1 heterocycles. The molecule has 0 aliphatic rings. The molecule has 4 nitrogen and oxygen atoms in total. The van der Waals surface area contributed by atoms with Crippen LogP contribution in [-0.2, 0) is 24.1 Å². The van der Waals surface area contributed by atoms with Crippen molar-refractivity contribution in [3.63, 3.8) is 0 Å². The summed E-state index contributed by atoms with van der Waals surface area (Å²) in [5, 5.41) is 8.71. The predicted octanol–water partition coefficient (Wildman–Crippen LogP) is -0.00450. The molecule has 0 aliphatic heterocycles. The summed E-state index contributed by atoms with van der Waals surface area (Å²) in [6.45, 7) is -0.0409. The molecule has 0 saturated heterocycles. The van der Waals surface area contributed by atoms with Gasteiger partial charge in [0.1, 0.15) is 0 Å². The molecular weight excluding hydrogens is 190 g/mol. The van der Waals surface area contributed by atoms with Crippen LogP contribution in [0.2, 0.25) is 0 Å². The maximum absolute atomic E-state index is 10.2. The van der Waals surface area contributed by atoms with Crippen molar-refractivity contribution < 1.29 is 13.9 Å². The molecule has 1 unspecified atom stereocenters. The Morgan fingerprint density at radius 2 is 2.31 bits per heavy atom. The molecule has 1 aromatic heterocycles. The average Bonchev–Trinajstić information content (AvgIpc) is 2.15. The Hall–Kier alpha value is -0.780. The van der Waals surface area contributed by atoms with Crippen LogP contribution < -0.4 is 0 Å². The SMILES string of the molecule is O=S([O-])CCc1ccc(CO)cn1. The largest absolute Gasteiger partial charge is 0.772 e. The molecule has 13 heavy (non-hydrogen) atoms. The van der Waals surface area contributed by atoms with Crippen LogP contribution in [0.25, 0.3) is 0 Å². The topological polar surface area (TPSA) is 73.2 Å². The summed E-state index contributed by atoms with van der Waals surface area (Å²) in [4.78, 5) is 3.99. The minimum atomic E-state index is -2.01. The Kier molecular flexibility index (Phi) is 4.01. The van der Waals surface area contributed by atoms with E-state index in [0.29, 0.717) is 6.42 Å². The summed E-state index contributed by atoms with van der Waals surface area (Å²) in [6.07, 6.45) is 1.96. The molecule has 1 N–H and O–H groups in total. The molecule has 0 amide bonds. The first-order valence-corrected chi connectivity index (χ1v) is 5.07. The predicted molar refractivity (Wildman–Crippen MR) is 47.7 cm³/mol. The van der Waals surface area contributed by atoms with E-state index in [2.05, 4.69) is 4.98 Å². The van der Waals surface area contributed by atoms with Crippen molar-refractivity contribution in [3.8, 4) is 0 Å². The lowest BCUT2D eigenvalue weighted by molar-refractivity contribution is 0.281. The second-order valence-corrected chi connectivity index (χ2v) is 3.59. The molecule has 1 atom stereocenters. The van der Waals surface area contributed by atoms with Gasteiger partial charge in [-0.05, 0) is 11.6 Å². The zero-order chi connectivity index (χ0) is 9.68. The van der Waals surface area contributed by atoms with E-state index in [4.69, 9.17) is 5.11 Å². The van der Waals surface area contributed by atoms with Crippen LogP contribution in [0.5, 0.6) is 0 Å². The van der Waals surface area contributed by atoms with Crippen molar-refractivity contribution in [2.75, 3.05) is 5.75 Å². The molecule has 5 heteroatoms. The number of aliphatic hydroxyl groups is 1. The second-order valence-electron chi connectivity index (χ2n) is 2.57. The summed E-state index contributed by atoms with van der Waals surface area (Å²) in [7, 11) is 0. The number of aromatic nitrogens is 1. The highest BCUT2D eigenvalue weighted by molar-refractivity contribution is 7.79. The van der Waals surface area contributed by atoms with Gasteiger partial charge in [0.05, 0.1) is 6.61 Å². The molecule has 72 valence electrons. The molecule has 0 bridgehead atoms. The van der Waals surface area contributed by atoms with E-state index in [1.165, 1.54) is 0 Å². The number of pyridine rings is 1. The van der Waals surface area contributed by atoms with Crippen molar-refractivity contribution in [3.05, 3.63) is 29.6 Å². The van der Waals surface area contributed by atoms with Gasteiger partial charge in [0.25, 0.3) is 0 Å². The summed E-state index contributed by atoms with van der Waals surface area (Å²) in [5.41, 5.74) is 1.45. The number of rotatable bonds is 4. The first-order chi connectivity index (χ1) is 6.22. The summed E-state index contributed by atoms with van der Waals surface area (Å²) < 4.78 is 20.5. The molecule has 0 fully saturated rings. The lowest BCUT2D eigenvalue weighted by Crippen LogP contribution is -2.01. The van der Waals surface area contributed by atoms with E-state index in [0.717, 1.165) is 11.3 Å². The number of hydrogen-bond donors (Lipinski definition) is 1. The fraction of sp³-hybridized carbons (Fsp3) is 0.375. The molecule has 0 radical (unpaired) electrons. The van der Waals surface area contributed by atoms with Crippen molar-refractivity contribution in [2.24, 2.45) is 0 Å². The molecule has 1 aromatic rings. The molecule has 0 saturated carbocycles. The molecular formula is C8H10NO3S-. The van der Waals surface area contributed by atoms with E-state index >= 15 is 0 Å². The van der Waals surface area contributed by atoms with Crippen LogP contribution in [0.1, 0.15) is 11.3 Å². The maximum atomic E-state index is 10.2. The Bertz CT molecular complexity index is 286. The molecule has 0 aliphatic carbocycles. The van der Waals surface area contributed by atoms with Gasteiger partial charge in [0.2, 0.25) is 0 Å². The van der Waals surface area contributed by atoms with Crippen LogP contribution in [0.4, 0.5) is 0 Å². The first kappa shape index (κ1) is 10.3. The van der Waals surface area contributed by atoms with Gasteiger partial charge in [-0.1, -0.05) is 17.1 Å². The molecule has 1 rings (SSSR count). The fourth-order valence-electron chi connectivity index (χ4n) is 0.884. The number of aliphatic hydroxyl groups excluding tert-OH is 1. The molecule has 0 spiro atoms. The highest BCUT2D eigenvalue weighted by Gasteiger charge is 1.95. The van der Waals surface area contributed by atoms with Gasteiger partial charge in [0, 0.05) is 24.1 Å². The highest BCUT2D eigenvalue weighted by atomic mass is 32.2. The second kappa shape index (κ2) is 5.06. The van der Waals surface area contributed by atoms with Gasteiger partial charge in [0.15, 0.2) is 0 Å². The van der Waals surface area contributed by atoms with Crippen molar-refractivity contribution in [2.45, 2.75) is 13.0 Å². The average molecular weight is 200 g/mol. The van der Waals surface area contributed by atoms with E-state index in [1.54, 1.807) is 18.3 Å². The molecule has 0 aromatic carbocycles. The van der Waals surface area contributed by atoms with E-state index in [1.807, 2.05) is 0 Å². The number of hydrogen-bond acceptors (Lipinski definition) is 4. The summed E-state index contributed by atoms with van der Waals surface area (Å²) >= 11 is -2.01. The van der Waals surface area contributed by atoms with E-state index in [9.17, 15) is 8.76 Å². The lowest BCUT2D eigenvalue weighted by Gasteiger charge is -2.04. The van der Waals surface area contributed by atoms with E-state index in [-0.39, 0.29) is 12.4 Å². The highest BCUT2D eigenvalue weighted by Crippen LogP contribution is 2.01. The fourth-order valence-corrected chi connectivity index (χ4v) is 1.26. The summed E-state index contributed by atoms with van der Waals surface area (Å²) in [6, 6.07) is 3.45. The van der Waals surface area contributed by atoms with Crippen molar-refractivity contribution >= 4 is 11.1 Å². The van der Waals surface area contributed by atoms with E-state index < -0.39 is 11.1 Å². The first-order valence-electron chi connectivity index (χ1n) is 3.83. The Balaban J connectivity index is 2.54. The third-order valence-corrected chi connectivity index (χ3v) is 2.13. The summed E-state index contributed by atoms with van der Waals surface area (Å²) in [5.74, 6) is 0.0888. The standard InChI is InChI=1S/C8H11NO3S/c10-6-7-1-2-8(9-5-7)3-4-13(11)12/h1-2,5,10H,3-4,6H2,(H,11,12)/p-1.